The number of oxazole rings is 1. The van der Waals surface area contributed by atoms with Crippen LogP contribution >= 0.6 is 0 Å². The van der Waals surface area contributed by atoms with Crippen LogP contribution in [-0.2, 0) is 11.2 Å². The van der Waals surface area contributed by atoms with Crippen molar-refractivity contribution in [2.75, 3.05) is 7.11 Å². The number of methoxy groups -OCH3 is 1. The molecular weight excluding hydrogens is 234 g/mol. The zero-order chi connectivity index (χ0) is 13.3. The molecule has 96 valence electrons. The molecule has 18 heavy (non-hydrogen) atoms. The third kappa shape index (κ3) is 2.51. The molecule has 0 aliphatic heterocycles. The molecule has 0 atom stereocenters. The van der Waals surface area contributed by atoms with Gasteiger partial charge in [-0.3, -0.25) is 0 Å². The van der Waals surface area contributed by atoms with Crippen molar-refractivity contribution in [3.8, 4) is 0 Å². The number of ether oxygens (including phenoxy) is 1. The number of hydrogen-bond donors (Lipinski definition) is 1. The van der Waals surface area contributed by atoms with Gasteiger partial charge in [-0.15, -0.1) is 0 Å². The van der Waals surface area contributed by atoms with Crippen LogP contribution in [0.15, 0.2) is 22.6 Å². The van der Waals surface area contributed by atoms with Crippen LogP contribution in [0.5, 0.6) is 0 Å². The molecule has 1 heterocycles. The summed E-state index contributed by atoms with van der Waals surface area (Å²) in [5.74, 6) is -0.432. The van der Waals surface area contributed by atoms with Crippen LogP contribution in [0.4, 0.5) is 0 Å². The van der Waals surface area contributed by atoms with Crippen LogP contribution in [0.2, 0.25) is 0 Å². The molecule has 0 spiro atoms. The molecule has 5 heteroatoms. The minimum Gasteiger partial charge on any atom is -0.478 e. The van der Waals surface area contributed by atoms with Crippen molar-refractivity contribution in [2.45, 2.75) is 25.9 Å². The zero-order valence-electron chi connectivity index (χ0n) is 10.6. The lowest BCUT2D eigenvalue weighted by atomic mass is 10.1. The third-order valence-corrected chi connectivity index (χ3v) is 2.81. The molecule has 1 N–H and O–H groups in total. The third-order valence-electron chi connectivity index (χ3n) is 2.81. The van der Waals surface area contributed by atoms with E-state index in [4.69, 9.17) is 14.3 Å². The summed E-state index contributed by atoms with van der Waals surface area (Å²) in [6.07, 6.45) is 0.528. The number of aromatic carboxylic acids is 1. The molecule has 1 aromatic heterocycles. The van der Waals surface area contributed by atoms with Gasteiger partial charge in [-0.1, -0.05) is 0 Å². The second kappa shape index (κ2) is 4.42. The molecule has 0 amide bonds. The number of fused-ring (bicyclic) bond motifs is 1. The molecule has 0 aliphatic rings. The summed E-state index contributed by atoms with van der Waals surface area (Å²) in [7, 11) is 1.63. The van der Waals surface area contributed by atoms with E-state index < -0.39 is 5.97 Å². The number of carbonyl (C=O) groups is 1. The highest BCUT2D eigenvalue weighted by atomic mass is 16.5. The molecule has 1 aromatic carbocycles. The average molecular weight is 249 g/mol. The van der Waals surface area contributed by atoms with Gasteiger partial charge in [0, 0.05) is 7.11 Å². The quantitative estimate of drug-likeness (QED) is 0.901. The number of aromatic nitrogens is 1. The summed E-state index contributed by atoms with van der Waals surface area (Å²) >= 11 is 0. The Bertz CT molecular complexity index is 586. The van der Waals surface area contributed by atoms with E-state index in [0.717, 1.165) is 0 Å². The average Bonchev–Trinajstić information content (AvgIpc) is 2.68. The van der Waals surface area contributed by atoms with Gasteiger partial charge in [-0.25, -0.2) is 9.78 Å². The Balaban J connectivity index is 2.35. The minimum absolute atomic E-state index is 0.202. The summed E-state index contributed by atoms with van der Waals surface area (Å²) in [5, 5.41) is 8.90. The highest BCUT2D eigenvalue weighted by Crippen LogP contribution is 2.21. The number of carboxylic acid groups (broad SMARTS) is 1. The van der Waals surface area contributed by atoms with Gasteiger partial charge in [0.25, 0.3) is 0 Å². The first-order valence-corrected chi connectivity index (χ1v) is 5.59. The molecule has 0 fully saturated rings. The Labute approximate surface area is 104 Å². The molecule has 2 rings (SSSR count). The van der Waals surface area contributed by atoms with E-state index in [1.807, 2.05) is 13.8 Å². The Kier molecular flexibility index (Phi) is 3.09. The van der Waals surface area contributed by atoms with Crippen molar-refractivity contribution in [2.24, 2.45) is 0 Å². The molecule has 0 radical (unpaired) electrons. The van der Waals surface area contributed by atoms with Crippen LogP contribution in [0, 0.1) is 0 Å². The lowest BCUT2D eigenvalue weighted by molar-refractivity contribution is 0.0184. The fourth-order valence-electron chi connectivity index (χ4n) is 1.62. The summed E-state index contributed by atoms with van der Waals surface area (Å²) < 4.78 is 10.9. The number of nitrogens with zero attached hydrogens (tertiary/aromatic N) is 1. The monoisotopic (exact) mass is 249 g/mol. The fourth-order valence-corrected chi connectivity index (χ4v) is 1.62. The Hall–Kier alpha value is -1.88. The van der Waals surface area contributed by atoms with Crippen LogP contribution in [-0.4, -0.2) is 28.8 Å². The Morgan fingerprint density at radius 2 is 2.22 bits per heavy atom. The highest BCUT2D eigenvalue weighted by Gasteiger charge is 2.21. The summed E-state index contributed by atoms with van der Waals surface area (Å²) in [4.78, 5) is 15.1. The van der Waals surface area contributed by atoms with E-state index in [-0.39, 0.29) is 11.2 Å². The topological polar surface area (TPSA) is 72.6 Å². The predicted octanol–water partition coefficient (Wildman–Crippen LogP) is 2.49. The van der Waals surface area contributed by atoms with Crippen molar-refractivity contribution in [1.82, 2.24) is 4.98 Å². The SMILES string of the molecule is COC(C)(C)Cc1nc2cc(C(=O)O)ccc2o1. The van der Waals surface area contributed by atoms with Gasteiger partial charge in [-0.2, -0.15) is 0 Å². The van der Waals surface area contributed by atoms with E-state index in [2.05, 4.69) is 4.98 Å². The van der Waals surface area contributed by atoms with Crippen LogP contribution in [0.25, 0.3) is 11.1 Å². The summed E-state index contributed by atoms with van der Waals surface area (Å²) in [6, 6.07) is 4.63. The maximum atomic E-state index is 10.8. The highest BCUT2D eigenvalue weighted by molar-refractivity contribution is 5.91. The normalized spacial score (nSPS) is 11.9. The van der Waals surface area contributed by atoms with Gasteiger partial charge in [0.2, 0.25) is 0 Å². The van der Waals surface area contributed by atoms with E-state index >= 15 is 0 Å². The molecule has 0 saturated carbocycles. The van der Waals surface area contributed by atoms with Crippen LogP contribution < -0.4 is 0 Å². The molecule has 0 aliphatic carbocycles. The first kappa shape index (κ1) is 12.6. The first-order valence-electron chi connectivity index (χ1n) is 5.59. The second-order valence-electron chi connectivity index (χ2n) is 4.74. The fraction of sp³-hybridized carbons (Fsp3) is 0.385. The molecule has 0 unspecified atom stereocenters. The number of rotatable bonds is 4. The van der Waals surface area contributed by atoms with Gasteiger partial charge >= 0.3 is 5.97 Å². The zero-order valence-corrected chi connectivity index (χ0v) is 10.6. The van der Waals surface area contributed by atoms with E-state index in [9.17, 15) is 4.79 Å². The maximum absolute atomic E-state index is 10.8. The molecule has 5 nitrogen and oxygen atoms in total. The smallest absolute Gasteiger partial charge is 0.335 e. The van der Waals surface area contributed by atoms with Gasteiger partial charge in [0.1, 0.15) is 5.52 Å². The summed E-state index contributed by atoms with van der Waals surface area (Å²) in [6.45, 7) is 3.87. The molecule has 0 saturated heterocycles. The van der Waals surface area contributed by atoms with E-state index in [0.29, 0.717) is 23.4 Å². The summed E-state index contributed by atoms with van der Waals surface area (Å²) in [5.41, 5.74) is 0.975. The molecule has 2 aromatic rings. The van der Waals surface area contributed by atoms with Gasteiger partial charge < -0.3 is 14.3 Å². The van der Waals surface area contributed by atoms with E-state index in [1.54, 1.807) is 13.2 Å². The Morgan fingerprint density at radius 1 is 1.50 bits per heavy atom. The number of benzene rings is 1. The van der Waals surface area contributed by atoms with Gasteiger partial charge in [-0.05, 0) is 32.0 Å². The van der Waals surface area contributed by atoms with Gasteiger partial charge in [0.15, 0.2) is 11.5 Å². The number of carboxylic acids is 1. The molecule has 0 bridgehead atoms. The van der Waals surface area contributed by atoms with Crippen molar-refractivity contribution in [3.63, 3.8) is 0 Å². The van der Waals surface area contributed by atoms with Crippen molar-refractivity contribution < 1.29 is 19.1 Å². The van der Waals surface area contributed by atoms with Gasteiger partial charge in [0.05, 0.1) is 17.6 Å². The predicted molar refractivity (Wildman–Crippen MR) is 65.8 cm³/mol. The standard InChI is InChI=1S/C13H15NO4/c1-13(2,17-3)7-11-14-9-6-8(12(15)16)4-5-10(9)18-11/h4-6H,7H2,1-3H3,(H,15,16). The van der Waals surface area contributed by atoms with Crippen LogP contribution in [0.1, 0.15) is 30.1 Å². The first-order chi connectivity index (χ1) is 8.41. The largest absolute Gasteiger partial charge is 0.478 e. The van der Waals surface area contributed by atoms with Crippen molar-refractivity contribution in [3.05, 3.63) is 29.7 Å². The second-order valence-corrected chi connectivity index (χ2v) is 4.74. The Morgan fingerprint density at radius 3 is 2.83 bits per heavy atom. The van der Waals surface area contributed by atoms with E-state index in [1.165, 1.54) is 12.1 Å². The van der Waals surface area contributed by atoms with Crippen molar-refractivity contribution >= 4 is 17.1 Å². The van der Waals surface area contributed by atoms with Crippen molar-refractivity contribution in [1.29, 1.82) is 0 Å². The van der Waals surface area contributed by atoms with Crippen LogP contribution in [0.3, 0.4) is 0 Å². The number of hydrogen-bond acceptors (Lipinski definition) is 4. The molecular formula is C13H15NO4. The lowest BCUT2D eigenvalue weighted by Gasteiger charge is -2.20. The minimum atomic E-state index is -0.973. The lowest BCUT2D eigenvalue weighted by Crippen LogP contribution is -2.25. The maximum Gasteiger partial charge on any atom is 0.335 e.